The summed E-state index contributed by atoms with van der Waals surface area (Å²) in [7, 11) is 1.61. The van der Waals surface area contributed by atoms with Crippen LogP contribution in [0.1, 0.15) is 28.3 Å². The standard InChI is InChI=1S/C18H19N3O4/c1-25-14-7-5-12(6-8-14)13-9-10-20(11-13)18(22)17-15(19)3-2-4-16(17)21(23)24/h2-8,13H,9-11,19H2,1H3/t13-/m1/s1. The van der Waals surface area contributed by atoms with Gasteiger partial charge in [-0.1, -0.05) is 18.2 Å². The zero-order chi connectivity index (χ0) is 18.0. The molecule has 2 aromatic carbocycles. The third-order valence-corrected chi connectivity index (χ3v) is 4.55. The van der Waals surface area contributed by atoms with Crippen LogP contribution in [0.15, 0.2) is 42.5 Å². The van der Waals surface area contributed by atoms with Crippen LogP contribution in [0.25, 0.3) is 0 Å². The summed E-state index contributed by atoms with van der Waals surface area (Å²) in [6.07, 6.45) is 0.804. The fourth-order valence-electron chi connectivity index (χ4n) is 3.19. The summed E-state index contributed by atoms with van der Waals surface area (Å²) < 4.78 is 5.16. The van der Waals surface area contributed by atoms with E-state index >= 15 is 0 Å². The molecule has 0 bridgehead atoms. The highest BCUT2D eigenvalue weighted by molar-refractivity contribution is 6.03. The number of anilines is 1. The Bertz CT molecular complexity index is 804. The first-order valence-corrected chi connectivity index (χ1v) is 7.97. The van der Waals surface area contributed by atoms with Crippen molar-refractivity contribution in [2.24, 2.45) is 0 Å². The number of amides is 1. The maximum Gasteiger partial charge on any atom is 0.284 e. The number of nitrogen functional groups attached to an aromatic ring is 1. The largest absolute Gasteiger partial charge is 0.497 e. The lowest BCUT2D eigenvalue weighted by molar-refractivity contribution is -0.385. The molecule has 0 aliphatic carbocycles. The predicted molar refractivity (Wildman–Crippen MR) is 93.8 cm³/mol. The SMILES string of the molecule is COc1ccc([C@@H]2CCN(C(=O)c3c(N)cccc3[N+](=O)[O-])C2)cc1. The van der Waals surface area contributed by atoms with E-state index in [1.54, 1.807) is 12.0 Å². The van der Waals surface area contributed by atoms with Crippen LogP contribution in [-0.2, 0) is 0 Å². The van der Waals surface area contributed by atoms with Gasteiger partial charge >= 0.3 is 0 Å². The molecule has 130 valence electrons. The number of nitro benzene ring substituents is 1. The van der Waals surface area contributed by atoms with Crippen molar-refractivity contribution < 1.29 is 14.5 Å². The van der Waals surface area contributed by atoms with Gasteiger partial charge in [0.15, 0.2) is 0 Å². The van der Waals surface area contributed by atoms with Gasteiger partial charge in [0.1, 0.15) is 11.3 Å². The van der Waals surface area contributed by atoms with Gasteiger partial charge in [0.05, 0.1) is 17.7 Å². The Balaban J connectivity index is 1.80. The molecule has 1 saturated heterocycles. The summed E-state index contributed by atoms with van der Waals surface area (Å²) in [4.78, 5) is 25.1. The first-order valence-electron chi connectivity index (χ1n) is 7.97. The Morgan fingerprint density at radius 2 is 2.00 bits per heavy atom. The predicted octanol–water partition coefficient (Wildman–Crippen LogP) is 2.82. The van der Waals surface area contributed by atoms with Gasteiger partial charge in [-0.25, -0.2) is 0 Å². The van der Waals surface area contributed by atoms with Gasteiger partial charge in [-0.05, 0) is 30.2 Å². The van der Waals surface area contributed by atoms with Gasteiger partial charge in [-0.2, -0.15) is 0 Å². The number of methoxy groups -OCH3 is 1. The third-order valence-electron chi connectivity index (χ3n) is 4.55. The average Bonchev–Trinajstić information content (AvgIpc) is 3.11. The molecule has 0 aromatic heterocycles. The van der Waals surface area contributed by atoms with Crippen molar-refractivity contribution >= 4 is 17.3 Å². The molecule has 2 N–H and O–H groups in total. The van der Waals surface area contributed by atoms with Crippen molar-refractivity contribution in [3.8, 4) is 5.75 Å². The number of hydrogen-bond acceptors (Lipinski definition) is 5. The van der Waals surface area contributed by atoms with E-state index in [1.165, 1.54) is 18.2 Å². The van der Waals surface area contributed by atoms with Gasteiger partial charge in [-0.3, -0.25) is 14.9 Å². The maximum absolute atomic E-state index is 12.8. The summed E-state index contributed by atoms with van der Waals surface area (Å²) in [5, 5.41) is 11.2. The van der Waals surface area contributed by atoms with Crippen molar-refractivity contribution in [2.45, 2.75) is 12.3 Å². The lowest BCUT2D eigenvalue weighted by Crippen LogP contribution is -2.29. The highest BCUT2D eigenvalue weighted by atomic mass is 16.6. The van der Waals surface area contributed by atoms with Crippen LogP contribution >= 0.6 is 0 Å². The Morgan fingerprint density at radius 3 is 2.64 bits per heavy atom. The molecule has 0 radical (unpaired) electrons. The number of nitrogens with two attached hydrogens (primary N) is 1. The van der Waals surface area contributed by atoms with Crippen LogP contribution in [0.5, 0.6) is 5.75 Å². The normalized spacial score (nSPS) is 16.7. The lowest BCUT2D eigenvalue weighted by Gasteiger charge is -2.18. The fourth-order valence-corrected chi connectivity index (χ4v) is 3.19. The molecule has 1 fully saturated rings. The zero-order valence-electron chi connectivity index (χ0n) is 13.8. The monoisotopic (exact) mass is 341 g/mol. The van der Waals surface area contributed by atoms with Crippen LogP contribution in [-0.4, -0.2) is 35.9 Å². The zero-order valence-corrected chi connectivity index (χ0v) is 13.8. The number of nitro groups is 1. The minimum atomic E-state index is -0.569. The second-order valence-corrected chi connectivity index (χ2v) is 6.01. The molecule has 25 heavy (non-hydrogen) atoms. The number of carbonyl (C=O) groups excluding carboxylic acids is 1. The third kappa shape index (κ3) is 3.26. The van der Waals surface area contributed by atoms with Gasteiger partial charge in [0.25, 0.3) is 11.6 Å². The molecule has 7 heteroatoms. The van der Waals surface area contributed by atoms with E-state index in [2.05, 4.69) is 0 Å². The van der Waals surface area contributed by atoms with Gasteiger partial charge in [0.2, 0.25) is 0 Å². The molecule has 1 heterocycles. The number of likely N-dealkylation sites (tertiary alicyclic amines) is 1. The lowest BCUT2D eigenvalue weighted by atomic mass is 9.98. The van der Waals surface area contributed by atoms with Crippen LogP contribution in [0.2, 0.25) is 0 Å². The minimum Gasteiger partial charge on any atom is -0.497 e. The molecule has 2 aromatic rings. The number of hydrogen-bond donors (Lipinski definition) is 1. The van der Waals surface area contributed by atoms with Crippen molar-refractivity contribution in [3.05, 3.63) is 63.7 Å². The number of ether oxygens (including phenoxy) is 1. The highest BCUT2D eigenvalue weighted by Gasteiger charge is 2.32. The van der Waals surface area contributed by atoms with Crippen molar-refractivity contribution in [2.75, 3.05) is 25.9 Å². The van der Waals surface area contributed by atoms with E-state index in [0.29, 0.717) is 13.1 Å². The Kier molecular flexibility index (Phi) is 4.56. The summed E-state index contributed by atoms with van der Waals surface area (Å²) in [5.74, 6) is 0.585. The number of benzene rings is 2. The van der Waals surface area contributed by atoms with Crippen LogP contribution < -0.4 is 10.5 Å². The molecule has 1 aliphatic rings. The molecule has 1 atom stereocenters. The van der Waals surface area contributed by atoms with E-state index < -0.39 is 4.92 Å². The van der Waals surface area contributed by atoms with Crippen LogP contribution in [0, 0.1) is 10.1 Å². The number of nitrogens with zero attached hydrogens (tertiary/aromatic N) is 2. The smallest absolute Gasteiger partial charge is 0.284 e. The van der Waals surface area contributed by atoms with Crippen LogP contribution in [0.4, 0.5) is 11.4 Å². The summed E-state index contributed by atoms with van der Waals surface area (Å²) in [5.41, 5.74) is 6.81. The van der Waals surface area contributed by atoms with E-state index in [1.807, 2.05) is 24.3 Å². The summed E-state index contributed by atoms with van der Waals surface area (Å²) in [6, 6.07) is 12.0. The van der Waals surface area contributed by atoms with Crippen molar-refractivity contribution in [1.29, 1.82) is 0 Å². The summed E-state index contributed by atoms with van der Waals surface area (Å²) >= 11 is 0. The molecule has 1 aliphatic heterocycles. The number of carbonyl (C=O) groups is 1. The first-order chi connectivity index (χ1) is 12.0. The first kappa shape index (κ1) is 16.8. The van der Waals surface area contributed by atoms with Gasteiger partial charge < -0.3 is 15.4 Å². The van der Waals surface area contributed by atoms with E-state index in [0.717, 1.165) is 17.7 Å². The Hall–Kier alpha value is -3.09. The second-order valence-electron chi connectivity index (χ2n) is 6.01. The molecule has 0 saturated carbocycles. The molecule has 0 unspecified atom stereocenters. The molecule has 3 rings (SSSR count). The average molecular weight is 341 g/mol. The van der Waals surface area contributed by atoms with E-state index in [9.17, 15) is 14.9 Å². The van der Waals surface area contributed by atoms with E-state index in [-0.39, 0.29) is 28.8 Å². The molecule has 7 nitrogen and oxygen atoms in total. The second kappa shape index (κ2) is 6.80. The quantitative estimate of drug-likeness (QED) is 0.524. The minimum absolute atomic E-state index is 0.0251. The van der Waals surface area contributed by atoms with E-state index in [4.69, 9.17) is 10.5 Å². The Morgan fingerprint density at radius 1 is 1.28 bits per heavy atom. The molecule has 0 spiro atoms. The van der Waals surface area contributed by atoms with Crippen molar-refractivity contribution in [1.82, 2.24) is 4.90 Å². The molecular formula is C18H19N3O4. The maximum atomic E-state index is 12.8. The Labute approximate surface area is 145 Å². The van der Waals surface area contributed by atoms with Crippen molar-refractivity contribution in [3.63, 3.8) is 0 Å². The van der Waals surface area contributed by atoms with Crippen LogP contribution in [0.3, 0.4) is 0 Å². The topological polar surface area (TPSA) is 98.7 Å². The molecular weight excluding hydrogens is 322 g/mol. The summed E-state index contributed by atoms with van der Waals surface area (Å²) in [6.45, 7) is 1.05. The number of rotatable bonds is 4. The van der Waals surface area contributed by atoms with Gasteiger partial charge in [-0.15, -0.1) is 0 Å². The highest BCUT2D eigenvalue weighted by Crippen LogP contribution is 2.32. The molecule has 1 amide bonds. The fraction of sp³-hybridized carbons (Fsp3) is 0.278. The van der Waals surface area contributed by atoms with Gasteiger partial charge in [0, 0.05) is 25.1 Å².